The van der Waals surface area contributed by atoms with Gasteiger partial charge in [-0.3, -0.25) is 0 Å². The highest BCUT2D eigenvalue weighted by atomic mass is 35.5. The monoisotopic (exact) mass is 474 g/mol. The van der Waals surface area contributed by atoms with Gasteiger partial charge in [-0.2, -0.15) is 0 Å². The number of aromatic nitrogens is 4. The normalized spacial score (nSPS) is 21.1. The molecular weight excluding hydrogens is 447 g/mol. The van der Waals surface area contributed by atoms with Gasteiger partial charge in [-0.1, -0.05) is 34.5 Å². The van der Waals surface area contributed by atoms with E-state index in [4.69, 9.17) is 23.2 Å². The molecule has 2 aliphatic rings. The van der Waals surface area contributed by atoms with Gasteiger partial charge in [0.05, 0.1) is 24.5 Å². The minimum absolute atomic E-state index is 0.0919. The number of aliphatic hydroxyl groups is 1. The fourth-order valence-electron chi connectivity index (χ4n) is 5.09. The van der Waals surface area contributed by atoms with Crippen LogP contribution in [-0.2, 0) is 0 Å². The largest absolute Gasteiger partial charge is 0.395 e. The Balaban J connectivity index is 1.31. The van der Waals surface area contributed by atoms with E-state index in [1.54, 1.807) is 6.07 Å². The molecule has 7 nitrogen and oxygen atoms in total. The summed E-state index contributed by atoms with van der Waals surface area (Å²) in [7, 11) is 0. The highest BCUT2D eigenvalue weighted by Gasteiger charge is 2.36. The molecule has 5 rings (SSSR count). The van der Waals surface area contributed by atoms with Crippen molar-refractivity contribution in [2.45, 2.75) is 25.8 Å². The summed E-state index contributed by atoms with van der Waals surface area (Å²) in [6.07, 6.45) is 4.41. The van der Waals surface area contributed by atoms with Crippen LogP contribution in [0.4, 0.5) is 5.69 Å². The smallest absolute Gasteiger partial charge is 0.201 e. The Morgan fingerprint density at radius 2 is 2.00 bits per heavy atom. The highest BCUT2D eigenvalue weighted by molar-refractivity contribution is 6.35. The highest BCUT2D eigenvalue weighted by Crippen LogP contribution is 2.35. The van der Waals surface area contributed by atoms with Crippen molar-refractivity contribution in [1.82, 2.24) is 24.9 Å². The molecule has 170 valence electrons. The van der Waals surface area contributed by atoms with Crippen molar-refractivity contribution in [2.75, 3.05) is 44.2 Å². The van der Waals surface area contributed by atoms with E-state index < -0.39 is 0 Å². The number of anilines is 1. The Bertz CT molecular complexity index is 1100. The average Bonchev–Trinajstić information content (AvgIpc) is 3.16. The van der Waals surface area contributed by atoms with Crippen LogP contribution in [0, 0.1) is 11.8 Å². The van der Waals surface area contributed by atoms with Crippen LogP contribution < -0.4 is 4.90 Å². The number of likely N-dealkylation sites (tertiary alicyclic amines) is 1. The number of hydrogen-bond acceptors (Lipinski definition) is 6. The zero-order valence-corrected chi connectivity index (χ0v) is 19.7. The molecule has 9 heteroatoms. The van der Waals surface area contributed by atoms with Gasteiger partial charge in [-0.15, -0.1) is 5.10 Å². The second-order valence-corrected chi connectivity index (χ2v) is 9.85. The molecule has 2 fully saturated rings. The van der Waals surface area contributed by atoms with Gasteiger partial charge in [-0.05, 0) is 61.9 Å². The number of benzene rings is 1. The molecule has 2 saturated heterocycles. The van der Waals surface area contributed by atoms with E-state index in [9.17, 15) is 5.11 Å². The van der Waals surface area contributed by atoms with Crippen LogP contribution in [0.2, 0.25) is 10.0 Å². The first-order chi connectivity index (χ1) is 15.5. The minimum atomic E-state index is -0.0919. The van der Waals surface area contributed by atoms with E-state index in [1.807, 2.05) is 23.0 Å². The van der Waals surface area contributed by atoms with Gasteiger partial charge in [0.2, 0.25) is 5.65 Å². The van der Waals surface area contributed by atoms with Crippen molar-refractivity contribution < 1.29 is 5.11 Å². The van der Waals surface area contributed by atoms with Crippen LogP contribution in [0.5, 0.6) is 0 Å². The van der Waals surface area contributed by atoms with Crippen LogP contribution in [0.1, 0.15) is 31.4 Å². The fraction of sp³-hybridized carbons (Fsp3) is 0.522. The summed E-state index contributed by atoms with van der Waals surface area (Å²) in [4.78, 5) is 9.35. The van der Waals surface area contributed by atoms with Gasteiger partial charge in [0.25, 0.3) is 0 Å². The predicted molar refractivity (Wildman–Crippen MR) is 128 cm³/mol. The molecule has 0 unspecified atom stereocenters. The Labute approximate surface area is 197 Å². The summed E-state index contributed by atoms with van der Waals surface area (Å²) in [5.74, 6) is 1.41. The summed E-state index contributed by atoms with van der Waals surface area (Å²) in [6, 6.07) is 7.58. The number of piperidine rings is 1. The molecule has 1 N–H and O–H groups in total. The van der Waals surface area contributed by atoms with Crippen molar-refractivity contribution in [2.24, 2.45) is 11.8 Å². The van der Waals surface area contributed by atoms with E-state index in [1.165, 1.54) is 12.8 Å². The molecule has 1 aromatic carbocycles. The Morgan fingerprint density at radius 1 is 1.16 bits per heavy atom. The molecule has 32 heavy (non-hydrogen) atoms. The molecule has 4 heterocycles. The first kappa shape index (κ1) is 21.9. The SMILES string of the molecule is C[C@H](c1ccc(Cl)cc1Cl)n1nnc2ncc(N3CC([C@H]4CCCN(CCO)C4)C3)cc21. The number of fused-ring (bicyclic) bond motifs is 1. The molecule has 0 radical (unpaired) electrons. The van der Waals surface area contributed by atoms with Gasteiger partial charge in [0.15, 0.2) is 0 Å². The number of aliphatic hydroxyl groups excluding tert-OH is 1. The minimum Gasteiger partial charge on any atom is -0.395 e. The molecule has 2 atom stereocenters. The molecule has 0 saturated carbocycles. The molecule has 0 spiro atoms. The second-order valence-electron chi connectivity index (χ2n) is 9.00. The third-order valence-corrected chi connectivity index (χ3v) is 7.56. The number of β-amino-alcohol motifs (C(OH)–C–C–N with tert-alkyl or cyclic N) is 1. The van der Waals surface area contributed by atoms with E-state index in [0.29, 0.717) is 27.5 Å². The van der Waals surface area contributed by atoms with Crippen molar-refractivity contribution >= 4 is 40.1 Å². The number of halogens is 2. The lowest BCUT2D eigenvalue weighted by Gasteiger charge is -2.47. The van der Waals surface area contributed by atoms with Gasteiger partial charge < -0.3 is 14.9 Å². The van der Waals surface area contributed by atoms with Crippen molar-refractivity contribution in [1.29, 1.82) is 0 Å². The van der Waals surface area contributed by atoms with Gasteiger partial charge in [0.1, 0.15) is 5.52 Å². The van der Waals surface area contributed by atoms with E-state index in [0.717, 1.165) is 49.5 Å². The molecule has 0 bridgehead atoms. The second kappa shape index (κ2) is 9.14. The van der Waals surface area contributed by atoms with Crippen LogP contribution in [0.25, 0.3) is 11.2 Å². The lowest BCUT2D eigenvalue weighted by Crippen LogP contribution is -2.53. The van der Waals surface area contributed by atoms with Gasteiger partial charge in [0, 0.05) is 36.2 Å². The number of rotatable bonds is 6. The predicted octanol–water partition coefficient (Wildman–Crippen LogP) is 3.88. The average molecular weight is 475 g/mol. The van der Waals surface area contributed by atoms with Gasteiger partial charge >= 0.3 is 0 Å². The van der Waals surface area contributed by atoms with Gasteiger partial charge in [-0.25, -0.2) is 9.67 Å². The van der Waals surface area contributed by atoms with Crippen LogP contribution in [0.3, 0.4) is 0 Å². The quantitative estimate of drug-likeness (QED) is 0.584. The Hall–Kier alpha value is -1.93. The maximum absolute atomic E-state index is 9.25. The van der Waals surface area contributed by atoms with E-state index in [-0.39, 0.29) is 12.6 Å². The lowest BCUT2D eigenvalue weighted by atomic mass is 9.80. The lowest BCUT2D eigenvalue weighted by molar-refractivity contribution is 0.102. The maximum Gasteiger partial charge on any atom is 0.201 e. The number of nitrogens with zero attached hydrogens (tertiary/aromatic N) is 6. The topological polar surface area (TPSA) is 70.3 Å². The number of hydrogen-bond donors (Lipinski definition) is 1. The summed E-state index contributed by atoms with van der Waals surface area (Å²) in [6.45, 7) is 7.40. The molecule has 0 amide bonds. The molecular formula is C23H28Cl2N6O. The number of pyridine rings is 1. The first-order valence-corrected chi connectivity index (χ1v) is 12.0. The summed E-state index contributed by atoms with van der Waals surface area (Å²) in [5, 5.41) is 19.1. The molecule has 2 aromatic heterocycles. The summed E-state index contributed by atoms with van der Waals surface area (Å²) < 4.78 is 1.88. The van der Waals surface area contributed by atoms with Crippen molar-refractivity contribution in [3.05, 3.63) is 46.1 Å². The summed E-state index contributed by atoms with van der Waals surface area (Å²) >= 11 is 12.5. The third-order valence-electron chi connectivity index (χ3n) is 6.99. The Kier molecular flexibility index (Phi) is 6.25. The maximum atomic E-state index is 9.25. The van der Waals surface area contributed by atoms with Crippen LogP contribution >= 0.6 is 23.2 Å². The zero-order chi connectivity index (χ0) is 22.2. The van der Waals surface area contributed by atoms with Crippen LogP contribution in [0.15, 0.2) is 30.5 Å². The third kappa shape index (κ3) is 4.19. The molecule has 0 aliphatic carbocycles. The zero-order valence-electron chi connectivity index (χ0n) is 18.2. The Morgan fingerprint density at radius 3 is 2.78 bits per heavy atom. The van der Waals surface area contributed by atoms with Crippen molar-refractivity contribution in [3.63, 3.8) is 0 Å². The first-order valence-electron chi connectivity index (χ1n) is 11.3. The standard InChI is InChI=1S/C23H28Cl2N6O/c1-15(20-5-4-18(24)9-21(20)25)31-22-10-19(11-26-23(22)27-28-31)30-13-17(14-30)16-3-2-6-29(12-16)7-8-32/h4-5,9-11,15-17,32H,2-3,6-8,12-14H2,1H3/t15-,16+/m1/s1. The molecule has 3 aromatic rings. The molecule has 2 aliphatic heterocycles. The van der Waals surface area contributed by atoms with Crippen LogP contribution in [-0.4, -0.2) is 69.3 Å². The fourth-order valence-corrected chi connectivity index (χ4v) is 5.66. The summed E-state index contributed by atoms with van der Waals surface area (Å²) in [5.41, 5.74) is 3.59. The van der Waals surface area contributed by atoms with Crippen molar-refractivity contribution in [3.8, 4) is 0 Å². The van der Waals surface area contributed by atoms with E-state index >= 15 is 0 Å². The van der Waals surface area contributed by atoms with E-state index in [2.05, 4.69) is 38.1 Å².